The van der Waals surface area contributed by atoms with Crippen molar-refractivity contribution in [1.82, 2.24) is 10.8 Å². The van der Waals surface area contributed by atoms with Crippen molar-refractivity contribution in [3.8, 4) is 16.9 Å². The van der Waals surface area contributed by atoms with Gasteiger partial charge in [0.15, 0.2) is 0 Å². The smallest absolute Gasteiger partial charge is 0.244 e. The molecule has 30 heavy (non-hydrogen) atoms. The number of benzene rings is 3. The van der Waals surface area contributed by atoms with E-state index in [4.69, 9.17) is 9.94 Å². The van der Waals surface area contributed by atoms with Crippen LogP contribution in [0.25, 0.3) is 11.1 Å². The number of ether oxygens (including phenoxy) is 1. The minimum atomic E-state index is -0.488. The third kappa shape index (κ3) is 5.65. The quantitative estimate of drug-likeness (QED) is 0.279. The summed E-state index contributed by atoms with van der Waals surface area (Å²) in [5.74, 6) is -0.403. The fraction of sp³-hybridized carbons (Fsp3) is 0.208. The Bertz CT molecular complexity index is 993. The number of nitrogens with one attached hydrogen (secondary N) is 2. The summed E-state index contributed by atoms with van der Waals surface area (Å²) in [6, 6.07) is 21.0. The van der Waals surface area contributed by atoms with Crippen LogP contribution in [0.4, 0.5) is 4.39 Å². The van der Waals surface area contributed by atoms with Crippen molar-refractivity contribution in [1.29, 1.82) is 0 Å². The molecule has 3 rings (SSSR count). The van der Waals surface area contributed by atoms with Gasteiger partial charge in [-0.15, -0.1) is 0 Å². The molecule has 0 aliphatic rings. The topological polar surface area (TPSA) is 70.6 Å². The summed E-state index contributed by atoms with van der Waals surface area (Å²) in [6.07, 6.45) is 0.112. The van der Waals surface area contributed by atoms with E-state index >= 15 is 0 Å². The maximum absolute atomic E-state index is 14.4. The highest BCUT2D eigenvalue weighted by Gasteiger charge is 2.09. The van der Waals surface area contributed by atoms with E-state index in [1.54, 1.807) is 17.6 Å². The molecule has 5 nitrogen and oxygen atoms in total. The Morgan fingerprint density at radius 1 is 1.03 bits per heavy atom. The van der Waals surface area contributed by atoms with Crippen molar-refractivity contribution in [2.24, 2.45) is 0 Å². The predicted molar refractivity (Wildman–Crippen MR) is 114 cm³/mol. The van der Waals surface area contributed by atoms with E-state index < -0.39 is 5.91 Å². The minimum absolute atomic E-state index is 0.112. The number of carbonyl (C=O) groups excluding carboxylic acids is 1. The molecule has 3 N–H and O–H groups in total. The molecule has 3 aromatic rings. The van der Waals surface area contributed by atoms with Crippen molar-refractivity contribution in [3.05, 3.63) is 89.2 Å². The highest BCUT2D eigenvalue weighted by molar-refractivity contribution is 5.74. The van der Waals surface area contributed by atoms with Gasteiger partial charge in [-0.3, -0.25) is 10.0 Å². The zero-order chi connectivity index (χ0) is 21.3. The van der Waals surface area contributed by atoms with E-state index in [-0.39, 0.29) is 18.8 Å². The van der Waals surface area contributed by atoms with Crippen molar-refractivity contribution >= 4 is 5.91 Å². The highest BCUT2D eigenvalue weighted by atomic mass is 19.1. The van der Waals surface area contributed by atoms with Crippen LogP contribution in [0.15, 0.2) is 66.7 Å². The van der Waals surface area contributed by atoms with Crippen molar-refractivity contribution < 1.29 is 19.1 Å². The second kappa shape index (κ2) is 10.5. The molecular weight excluding hydrogens is 383 g/mol. The molecule has 0 radical (unpaired) electrons. The second-order valence-electron chi connectivity index (χ2n) is 6.96. The normalized spacial score (nSPS) is 10.6. The number of hydroxylamine groups is 1. The van der Waals surface area contributed by atoms with Gasteiger partial charge in [0.25, 0.3) is 0 Å². The van der Waals surface area contributed by atoms with Crippen LogP contribution in [0.2, 0.25) is 0 Å². The Hall–Kier alpha value is -3.22. The molecule has 0 spiro atoms. The lowest BCUT2D eigenvalue weighted by Crippen LogP contribution is -2.25. The zero-order valence-electron chi connectivity index (χ0n) is 16.8. The molecule has 0 saturated heterocycles. The number of hydrogen-bond donors (Lipinski definition) is 3. The molecule has 0 bridgehead atoms. The summed E-state index contributed by atoms with van der Waals surface area (Å²) in [4.78, 5) is 11.0. The van der Waals surface area contributed by atoms with E-state index in [1.807, 2.05) is 30.3 Å². The van der Waals surface area contributed by atoms with Gasteiger partial charge in [0.1, 0.15) is 18.2 Å². The molecule has 0 aliphatic carbocycles. The maximum Gasteiger partial charge on any atom is 0.244 e. The molecule has 0 aliphatic heterocycles. The molecule has 0 atom stereocenters. The standard InChI is InChI=1S/C24H25FN2O3/c1-17-20(8-5-9-22(17)18-6-3-2-4-7-18)16-30-21-11-10-19(23(25)14-21)15-26-13-12-24(28)27-29/h2-11,14,26,29H,12-13,15-16H2,1H3,(H,27,28). The van der Waals surface area contributed by atoms with Crippen molar-refractivity contribution in [2.75, 3.05) is 6.54 Å². The molecule has 1 amide bonds. The Kier molecular flexibility index (Phi) is 7.54. The molecule has 156 valence electrons. The van der Waals surface area contributed by atoms with Crippen LogP contribution in [-0.4, -0.2) is 17.7 Å². The average Bonchev–Trinajstić information content (AvgIpc) is 2.77. The highest BCUT2D eigenvalue weighted by Crippen LogP contribution is 2.26. The Labute approximate surface area is 175 Å². The first-order valence-electron chi connectivity index (χ1n) is 9.77. The van der Waals surface area contributed by atoms with Crippen LogP contribution in [0, 0.1) is 12.7 Å². The summed E-state index contributed by atoms with van der Waals surface area (Å²) in [5, 5.41) is 11.4. The van der Waals surface area contributed by atoms with Gasteiger partial charge in [-0.2, -0.15) is 0 Å². The lowest BCUT2D eigenvalue weighted by molar-refractivity contribution is -0.129. The monoisotopic (exact) mass is 408 g/mol. The van der Waals surface area contributed by atoms with Crippen LogP contribution < -0.4 is 15.5 Å². The fourth-order valence-corrected chi connectivity index (χ4v) is 3.17. The number of hydrogen-bond acceptors (Lipinski definition) is 4. The second-order valence-corrected chi connectivity index (χ2v) is 6.96. The van der Waals surface area contributed by atoms with Gasteiger partial charge in [0.05, 0.1) is 0 Å². The van der Waals surface area contributed by atoms with Crippen molar-refractivity contribution in [2.45, 2.75) is 26.5 Å². The molecule has 0 aromatic heterocycles. The zero-order valence-corrected chi connectivity index (χ0v) is 16.8. The fourth-order valence-electron chi connectivity index (χ4n) is 3.17. The lowest BCUT2D eigenvalue weighted by Gasteiger charge is -2.13. The first kappa shape index (κ1) is 21.5. The van der Waals surface area contributed by atoms with E-state index in [2.05, 4.69) is 30.4 Å². The molecule has 0 saturated carbocycles. The number of rotatable bonds is 9. The Balaban J connectivity index is 1.60. The maximum atomic E-state index is 14.4. The number of amides is 1. The van der Waals surface area contributed by atoms with Gasteiger partial charge in [-0.05, 0) is 35.2 Å². The first-order valence-corrected chi connectivity index (χ1v) is 9.77. The number of halogens is 1. The summed E-state index contributed by atoms with van der Waals surface area (Å²) in [6.45, 7) is 3.03. The summed E-state index contributed by atoms with van der Waals surface area (Å²) in [5.41, 5.74) is 6.52. The Morgan fingerprint density at radius 3 is 2.57 bits per heavy atom. The van der Waals surface area contributed by atoms with Crippen molar-refractivity contribution in [3.63, 3.8) is 0 Å². The summed E-state index contributed by atoms with van der Waals surface area (Å²) < 4.78 is 20.2. The summed E-state index contributed by atoms with van der Waals surface area (Å²) >= 11 is 0. The molecular formula is C24H25FN2O3. The first-order chi connectivity index (χ1) is 14.6. The van der Waals surface area contributed by atoms with Gasteiger partial charge in [0, 0.05) is 31.1 Å². The van der Waals surface area contributed by atoms with E-state index in [0.717, 1.165) is 22.3 Å². The predicted octanol–water partition coefficient (Wildman–Crippen LogP) is 4.37. The summed E-state index contributed by atoms with van der Waals surface area (Å²) in [7, 11) is 0. The Morgan fingerprint density at radius 2 is 1.83 bits per heavy atom. The van der Waals surface area contributed by atoms with Gasteiger partial charge < -0.3 is 10.1 Å². The van der Waals surface area contributed by atoms with Crippen LogP contribution in [0.3, 0.4) is 0 Å². The van der Waals surface area contributed by atoms with E-state index in [1.165, 1.54) is 6.07 Å². The van der Waals surface area contributed by atoms with E-state index in [9.17, 15) is 9.18 Å². The van der Waals surface area contributed by atoms with E-state index in [0.29, 0.717) is 24.5 Å². The van der Waals surface area contributed by atoms with Crippen LogP contribution in [0.1, 0.15) is 23.1 Å². The van der Waals surface area contributed by atoms with Crippen LogP contribution in [0.5, 0.6) is 5.75 Å². The van der Waals surface area contributed by atoms with Gasteiger partial charge >= 0.3 is 0 Å². The van der Waals surface area contributed by atoms with Crippen LogP contribution >= 0.6 is 0 Å². The largest absolute Gasteiger partial charge is 0.489 e. The molecule has 0 unspecified atom stereocenters. The van der Waals surface area contributed by atoms with Gasteiger partial charge in [-0.25, -0.2) is 9.87 Å². The number of carbonyl (C=O) groups is 1. The average molecular weight is 408 g/mol. The molecule has 6 heteroatoms. The third-order valence-electron chi connectivity index (χ3n) is 4.92. The van der Waals surface area contributed by atoms with Gasteiger partial charge in [0.2, 0.25) is 5.91 Å². The molecule has 0 fully saturated rings. The molecule has 0 heterocycles. The van der Waals surface area contributed by atoms with Gasteiger partial charge in [-0.1, -0.05) is 54.6 Å². The third-order valence-corrected chi connectivity index (χ3v) is 4.92. The van der Waals surface area contributed by atoms with Crippen LogP contribution in [-0.2, 0) is 17.9 Å². The minimum Gasteiger partial charge on any atom is -0.489 e. The SMILES string of the molecule is Cc1c(COc2ccc(CNCCC(=O)NO)c(F)c2)cccc1-c1ccccc1. The lowest BCUT2D eigenvalue weighted by atomic mass is 9.97. The molecule has 3 aromatic carbocycles.